The van der Waals surface area contributed by atoms with Crippen molar-refractivity contribution in [2.75, 3.05) is 0 Å². The fourth-order valence-corrected chi connectivity index (χ4v) is 2.54. The highest BCUT2D eigenvalue weighted by Gasteiger charge is 2.09. The Kier molecular flexibility index (Phi) is 3.33. The third-order valence-electron chi connectivity index (χ3n) is 2.82. The number of thiazole rings is 1. The summed E-state index contributed by atoms with van der Waals surface area (Å²) in [4.78, 5) is 13.8. The lowest BCUT2D eigenvalue weighted by atomic mass is 10.2. The molecule has 0 aliphatic rings. The average Bonchev–Trinajstić information content (AvgIpc) is 3.06. The summed E-state index contributed by atoms with van der Waals surface area (Å²) >= 11 is 1.66. The quantitative estimate of drug-likeness (QED) is 0.730. The van der Waals surface area contributed by atoms with E-state index >= 15 is 0 Å². The van der Waals surface area contributed by atoms with E-state index in [9.17, 15) is 0 Å². The van der Waals surface area contributed by atoms with Crippen molar-refractivity contribution >= 4 is 11.3 Å². The molecule has 0 fully saturated rings. The predicted molar refractivity (Wildman–Crippen MR) is 71.8 cm³/mol. The van der Waals surface area contributed by atoms with Gasteiger partial charge in [-0.25, -0.2) is 4.98 Å². The van der Waals surface area contributed by atoms with E-state index in [0.29, 0.717) is 11.7 Å². The number of hydrogen-bond donors (Lipinski definition) is 0. The summed E-state index contributed by atoms with van der Waals surface area (Å²) in [5.41, 5.74) is 3.86. The summed E-state index contributed by atoms with van der Waals surface area (Å²) in [6.45, 7) is 2.02. The first kappa shape index (κ1) is 12.0. The van der Waals surface area contributed by atoms with Gasteiger partial charge in [-0.15, -0.1) is 11.3 Å². The Bertz CT molecular complexity index is 662. The van der Waals surface area contributed by atoms with Crippen LogP contribution >= 0.6 is 11.3 Å². The van der Waals surface area contributed by atoms with Crippen LogP contribution in [0.2, 0.25) is 0 Å². The molecule has 0 radical (unpaired) electrons. The van der Waals surface area contributed by atoms with Crippen molar-refractivity contribution in [1.82, 2.24) is 20.1 Å². The van der Waals surface area contributed by atoms with Crippen molar-refractivity contribution in [3.63, 3.8) is 0 Å². The Balaban J connectivity index is 1.70. The van der Waals surface area contributed by atoms with E-state index in [1.807, 2.05) is 24.6 Å². The maximum atomic E-state index is 5.26. The Morgan fingerprint density at radius 2 is 2.05 bits per heavy atom. The van der Waals surface area contributed by atoms with Crippen LogP contribution in [0.5, 0.6) is 0 Å². The lowest BCUT2D eigenvalue weighted by molar-refractivity contribution is 0.379. The normalized spacial score (nSPS) is 10.8. The molecule has 0 unspecified atom stereocenters. The van der Waals surface area contributed by atoms with Gasteiger partial charge in [0.05, 0.1) is 11.2 Å². The van der Waals surface area contributed by atoms with Gasteiger partial charge in [0, 0.05) is 29.3 Å². The highest BCUT2D eigenvalue weighted by molar-refractivity contribution is 7.09. The Morgan fingerprint density at radius 3 is 2.79 bits per heavy atom. The molecule has 0 atom stereocenters. The number of aryl methyl sites for hydroxylation is 3. The average molecular weight is 272 g/mol. The predicted octanol–water partition coefficient (Wildman–Crippen LogP) is 2.68. The van der Waals surface area contributed by atoms with E-state index < -0.39 is 0 Å². The molecule has 96 valence electrons. The summed E-state index contributed by atoms with van der Waals surface area (Å²) in [6, 6.07) is 3.73. The maximum absolute atomic E-state index is 5.26. The number of pyridine rings is 1. The number of rotatable bonds is 4. The number of aromatic nitrogens is 4. The number of nitrogens with zero attached hydrogens (tertiary/aromatic N) is 4. The second-order valence-corrected chi connectivity index (χ2v) is 5.05. The van der Waals surface area contributed by atoms with Crippen LogP contribution in [0.25, 0.3) is 11.4 Å². The zero-order valence-corrected chi connectivity index (χ0v) is 11.2. The first-order valence-electron chi connectivity index (χ1n) is 5.95. The van der Waals surface area contributed by atoms with Gasteiger partial charge in [-0.1, -0.05) is 5.16 Å². The van der Waals surface area contributed by atoms with Crippen LogP contribution in [0.15, 0.2) is 34.6 Å². The van der Waals surface area contributed by atoms with E-state index in [2.05, 4.69) is 20.1 Å². The molecule has 0 spiro atoms. The van der Waals surface area contributed by atoms with Crippen LogP contribution in [0.1, 0.15) is 16.5 Å². The van der Waals surface area contributed by atoms with Crippen molar-refractivity contribution in [2.24, 2.45) is 0 Å². The van der Waals surface area contributed by atoms with Gasteiger partial charge in [-0.2, -0.15) is 4.98 Å². The minimum Gasteiger partial charge on any atom is -0.339 e. The van der Waals surface area contributed by atoms with Gasteiger partial charge in [-0.05, 0) is 25.5 Å². The molecule has 0 amide bonds. The fourth-order valence-electron chi connectivity index (χ4n) is 1.76. The standard InChI is InChI=1S/C13H12N4OS/c1-9-11(19-8-15-9)2-3-12-16-13(17-18-12)10-4-6-14-7-5-10/h4-8H,2-3H2,1H3. The van der Waals surface area contributed by atoms with E-state index in [4.69, 9.17) is 4.52 Å². The lowest BCUT2D eigenvalue weighted by Crippen LogP contribution is -1.91. The highest BCUT2D eigenvalue weighted by Crippen LogP contribution is 2.17. The van der Waals surface area contributed by atoms with Gasteiger partial charge in [0.25, 0.3) is 0 Å². The molecule has 0 aliphatic carbocycles. The molecule has 0 aliphatic heterocycles. The Labute approximate surface area is 114 Å². The molecule has 5 nitrogen and oxygen atoms in total. The number of hydrogen-bond acceptors (Lipinski definition) is 6. The van der Waals surface area contributed by atoms with Crippen molar-refractivity contribution in [2.45, 2.75) is 19.8 Å². The van der Waals surface area contributed by atoms with E-state index in [-0.39, 0.29) is 0 Å². The Morgan fingerprint density at radius 1 is 1.21 bits per heavy atom. The minimum absolute atomic E-state index is 0.610. The molecular weight excluding hydrogens is 260 g/mol. The fraction of sp³-hybridized carbons (Fsp3) is 0.231. The molecular formula is C13H12N4OS. The van der Waals surface area contributed by atoms with Crippen molar-refractivity contribution in [3.05, 3.63) is 46.5 Å². The third kappa shape index (κ3) is 2.68. The largest absolute Gasteiger partial charge is 0.339 e. The van der Waals surface area contributed by atoms with E-state index in [0.717, 1.165) is 24.1 Å². The van der Waals surface area contributed by atoms with Gasteiger partial charge < -0.3 is 4.52 Å². The van der Waals surface area contributed by atoms with Crippen LogP contribution in [-0.4, -0.2) is 20.1 Å². The van der Waals surface area contributed by atoms with Crippen LogP contribution < -0.4 is 0 Å². The summed E-state index contributed by atoms with van der Waals surface area (Å²) in [7, 11) is 0. The summed E-state index contributed by atoms with van der Waals surface area (Å²) in [5.74, 6) is 1.26. The van der Waals surface area contributed by atoms with Gasteiger partial charge in [0.1, 0.15) is 0 Å². The van der Waals surface area contributed by atoms with Gasteiger partial charge in [0.2, 0.25) is 11.7 Å². The summed E-state index contributed by atoms with van der Waals surface area (Å²) in [5, 5.41) is 3.98. The van der Waals surface area contributed by atoms with Crippen molar-refractivity contribution < 1.29 is 4.52 Å². The monoisotopic (exact) mass is 272 g/mol. The SMILES string of the molecule is Cc1ncsc1CCc1nc(-c2ccncc2)no1. The molecule has 0 N–H and O–H groups in total. The molecule has 19 heavy (non-hydrogen) atoms. The first-order chi connectivity index (χ1) is 9.33. The molecule has 0 bridgehead atoms. The van der Waals surface area contributed by atoms with Crippen LogP contribution in [0.3, 0.4) is 0 Å². The molecule has 6 heteroatoms. The molecule has 0 aromatic carbocycles. The van der Waals surface area contributed by atoms with E-state index in [1.165, 1.54) is 4.88 Å². The zero-order valence-electron chi connectivity index (χ0n) is 10.4. The second-order valence-electron chi connectivity index (χ2n) is 4.11. The second kappa shape index (κ2) is 5.27. The highest BCUT2D eigenvalue weighted by atomic mass is 32.1. The minimum atomic E-state index is 0.610. The third-order valence-corrected chi connectivity index (χ3v) is 3.81. The molecule has 3 aromatic heterocycles. The summed E-state index contributed by atoms with van der Waals surface area (Å²) < 4.78 is 5.26. The van der Waals surface area contributed by atoms with Crippen LogP contribution in [0, 0.1) is 6.92 Å². The van der Waals surface area contributed by atoms with Crippen molar-refractivity contribution in [3.8, 4) is 11.4 Å². The molecule has 0 saturated carbocycles. The molecule has 3 aromatic rings. The topological polar surface area (TPSA) is 64.7 Å². The van der Waals surface area contributed by atoms with Gasteiger partial charge in [-0.3, -0.25) is 4.98 Å². The Hall–Kier alpha value is -2.08. The zero-order chi connectivity index (χ0) is 13.1. The molecule has 3 rings (SSSR count). The van der Waals surface area contributed by atoms with Gasteiger partial charge >= 0.3 is 0 Å². The summed E-state index contributed by atoms with van der Waals surface area (Å²) in [6.07, 6.45) is 5.05. The maximum Gasteiger partial charge on any atom is 0.227 e. The van der Waals surface area contributed by atoms with Gasteiger partial charge in [0.15, 0.2) is 0 Å². The molecule has 0 saturated heterocycles. The first-order valence-corrected chi connectivity index (χ1v) is 6.83. The smallest absolute Gasteiger partial charge is 0.227 e. The lowest BCUT2D eigenvalue weighted by Gasteiger charge is -1.94. The van der Waals surface area contributed by atoms with E-state index in [1.54, 1.807) is 23.7 Å². The van der Waals surface area contributed by atoms with Crippen molar-refractivity contribution in [1.29, 1.82) is 0 Å². The molecule has 3 heterocycles. The van der Waals surface area contributed by atoms with Crippen LogP contribution in [0.4, 0.5) is 0 Å². The van der Waals surface area contributed by atoms with Crippen LogP contribution in [-0.2, 0) is 12.8 Å².